The second kappa shape index (κ2) is 10.5. The molecule has 0 aliphatic rings. The maximum atomic E-state index is 13.1. The number of hydrogen-bond acceptors (Lipinski definition) is 10. The van der Waals surface area contributed by atoms with Crippen LogP contribution < -0.4 is 10.1 Å². The first-order valence-electron chi connectivity index (χ1n) is 11.4. The minimum absolute atomic E-state index is 0.00599. The Labute approximate surface area is 221 Å². The van der Waals surface area contributed by atoms with Gasteiger partial charge in [-0.05, 0) is 41.8 Å². The van der Waals surface area contributed by atoms with Crippen LogP contribution in [0.2, 0.25) is 0 Å². The minimum Gasteiger partial charge on any atom is -0.505 e. The highest BCUT2D eigenvalue weighted by Crippen LogP contribution is 2.40. The van der Waals surface area contributed by atoms with Gasteiger partial charge in [-0.15, -0.1) is 10.2 Å². The highest BCUT2D eigenvalue weighted by Gasteiger charge is 2.22. The van der Waals surface area contributed by atoms with Gasteiger partial charge in [-0.25, -0.2) is 14.5 Å². The van der Waals surface area contributed by atoms with Gasteiger partial charge in [0.15, 0.2) is 17.1 Å². The number of rotatable bonds is 6. The van der Waals surface area contributed by atoms with E-state index in [1.54, 1.807) is 67.8 Å². The van der Waals surface area contributed by atoms with Gasteiger partial charge in [0.1, 0.15) is 23.6 Å². The summed E-state index contributed by atoms with van der Waals surface area (Å²) in [5.41, 5.74) is 0.131. The van der Waals surface area contributed by atoms with Crippen molar-refractivity contribution in [1.82, 2.24) is 19.5 Å². The second-order valence-electron chi connectivity index (χ2n) is 7.94. The van der Waals surface area contributed by atoms with E-state index in [2.05, 4.69) is 30.5 Å². The number of anilines is 1. The topological polar surface area (TPSA) is 174 Å². The number of carbonyl (C=O) groups excluding carboxylic acids is 1. The number of hydrogen-bond donors (Lipinski definition) is 2. The fourth-order valence-electron chi connectivity index (χ4n) is 3.81. The summed E-state index contributed by atoms with van der Waals surface area (Å²) < 4.78 is 6.32. The van der Waals surface area contributed by atoms with Crippen molar-refractivity contribution in [1.29, 1.82) is 10.5 Å². The summed E-state index contributed by atoms with van der Waals surface area (Å²) in [6, 6.07) is 20.6. The molecule has 0 aliphatic heterocycles. The van der Waals surface area contributed by atoms with Crippen LogP contribution in [0.4, 0.5) is 17.3 Å². The molecule has 2 aromatic heterocycles. The molecule has 12 heteroatoms. The first-order valence-corrected chi connectivity index (χ1v) is 11.4. The molecule has 0 unspecified atom stereocenters. The molecule has 0 saturated heterocycles. The molecule has 188 valence electrons. The highest BCUT2D eigenvalue weighted by atomic mass is 16.5. The normalized spacial score (nSPS) is 10.7. The lowest BCUT2D eigenvalue weighted by molar-refractivity contribution is 0.102. The number of aromatic nitrogens is 4. The van der Waals surface area contributed by atoms with Crippen LogP contribution >= 0.6 is 0 Å². The number of phenolic OH excluding ortho intramolecular Hbond substituents is 1. The summed E-state index contributed by atoms with van der Waals surface area (Å²) in [5.74, 6) is -0.469. The smallest absolute Gasteiger partial charge is 0.259 e. The molecule has 0 spiro atoms. The average molecular weight is 515 g/mol. The van der Waals surface area contributed by atoms with Crippen molar-refractivity contribution in [3.8, 4) is 29.6 Å². The molecule has 39 heavy (non-hydrogen) atoms. The van der Waals surface area contributed by atoms with Crippen molar-refractivity contribution in [2.45, 2.75) is 0 Å². The Balaban J connectivity index is 1.61. The maximum absolute atomic E-state index is 13.1. The first kappa shape index (κ1) is 24.5. The van der Waals surface area contributed by atoms with Gasteiger partial charge in [-0.2, -0.15) is 15.5 Å². The van der Waals surface area contributed by atoms with Gasteiger partial charge >= 0.3 is 0 Å². The SMILES string of the molecule is COc1ccc(NC(=O)c2cc3ccccc3c(/N=N/c3nc(C#N)c(C#N)n3-c3ncccn3)c2O)cc1. The van der Waals surface area contributed by atoms with Crippen molar-refractivity contribution >= 4 is 34.0 Å². The lowest BCUT2D eigenvalue weighted by Gasteiger charge is -2.11. The van der Waals surface area contributed by atoms with Gasteiger partial charge < -0.3 is 15.2 Å². The Morgan fingerprint density at radius 2 is 1.77 bits per heavy atom. The van der Waals surface area contributed by atoms with Gasteiger partial charge in [0.2, 0.25) is 5.95 Å². The fraction of sp³-hybridized carbons (Fsp3) is 0.0370. The number of phenols is 1. The zero-order valence-electron chi connectivity index (χ0n) is 20.3. The molecule has 3 aromatic carbocycles. The zero-order chi connectivity index (χ0) is 27.4. The standard InChI is InChI=1S/C27H17N9O3/c1-39-18-9-7-17(8-10-18)32-25(38)20-13-16-5-2-3-6-19(16)23(24(20)37)34-35-27-33-21(14-28)22(15-29)36(27)26-30-11-4-12-31-26/h2-13,37H,1H3,(H,32,38)/b35-34+. The predicted octanol–water partition coefficient (Wildman–Crippen LogP) is 4.94. The van der Waals surface area contributed by atoms with Crippen molar-refractivity contribution < 1.29 is 14.6 Å². The van der Waals surface area contributed by atoms with Crippen LogP contribution in [0.3, 0.4) is 0 Å². The molecule has 0 radical (unpaired) electrons. The number of carbonyl (C=O) groups is 1. The maximum Gasteiger partial charge on any atom is 0.259 e. The van der Waals surface area contributed by atoms with Crippen LogP contribution in [0, 0.1) is 22.7 Å². The third-order valence-electron chi connectivity index (χ3n) is 5.65. The number of imidazole rings is 1. The minimum atomic E-state index is -0.572. The third-order valence-corrected chi connectivity index (χ3v) is 5.65. The van der Waals surface area contributed by atoms with Gasteiger partial charge in [-0.1, -0.05) is 24.3 Å². The molecular weight excluding hydrogens is 498 g/mol. The Morgan fingerprint density at radius 3 is 2.46 bits per heavy atom. The molecule has 0 fully saturated rings. The lowest BCUT2D eigenvalue weighted by Crippen LogP contribution is -2.12. The van der Waals surface area contributed by atoms with E-state index in [1.165, 1.54) is 17.0 Å². The number of methoxy groups -OCH3 is 1. The number of benzene rings is 3. The molecule has 0 saturated carbocycles. The molecule has 1 amide bonds. The number of nitrogens with zero attached hydrogens (tertiary/aromatic N) is 8. The van der Waals surface area contributed by atoms with Gasteiger partial charge in [0, 0.05) is 23.5 Å². The molecule has 0 atom stereocenters. The summed E-state index contributed by atoms with van der Waals surface area (Å²) in [4.78, 5) is 25.5. The van der Waals surface area contributed by atoms with E-state index in [9.17, 15) is 20.4 Å². The Morgan fingerprint density at radius 1 is 1.03 bits per heavy atom. The molecule has 2 heterocycles. The summed E-state index contributed by atoms with van der Waals surface area (Å²) in [6.07, 6.45) is 2.92. The molecule has 0 bridgehead atoms. The second-order valence-corrected chi connectivity index (χ2v) is 7.94. The van der Waals surface area contributed by atoms with E-state index >= 15 is 0 Å². The number of amides is 1. The summed E-state index contributed by atoms with van der Waals surface area (Å²) in [6.45, 7) is 0. The molecular formula is C27H17N9O3. The molecule has 12 nitrogen and oxygen atoms in total. The number of nitrogens with one attached hydrogen (secondary N) is 1. The first-order chi connectivity index (χ1) is 19.0. The van der Waals surface area contributed by atoms with Crippen molar-refractivity contribution in [3.63, 3.8) is 0 Å². The van der Waals surface area contributed by atoms with E-state index in [0.29, 0.717) is 22.2 Å². The van der Waals surface area contributed by atoms with Crippen LogP contribution in [0.15, 0.2) is 83.3 Å². The summed E-state index contributed by atoms with van der Waals surface area (Å²) >= 11 is 0. The summed E-state index contributed by atoms with van der Waals surface area (Å²) in [7, 11) is 1.54. The molecule has 5 rings (SSSR count). The van der Waals surface area contributed by atoms with E-state index < -0.39 is 11.7 Å². The van der Waals surface area contributed by atoms with Crippen LogP contribution in [-0.4, -0.2) is 37.6 Å². The largest absolute Gasteiger partial charge is 0.505 e. The number of ether oxygens (including phenoxy) is 1. The average Bonchev–Trinajstić information content (AvgIpc) is 3.34. The summed E-state index contributed by atoms with van der Waals surface area (Å²) in [5, 5.41) is 42.5. The highest BCUT2D eigenvalue weighted by molar-refractivity contribution is 6.11. The predicted molar refractivity (Wildman–Crippen MR) is 139 cm³/mol. The van der Waals surface area contributed by atoms with Gasteiger partial charge in [0.25, 0.3) is 11.9 Å². The number of fused-ring (bicyclic) bond motifs is 1. The van der Waals surface area contributed by atoms with E-state index in [-0.39, 0.29) is 34.5 Å². The fourth-order valence-corrected chi connectivity index (χ4v) is 3.81. The zero-order valence-corrected chi connectivity index (χ0v) is 20.3. The third kappa shape index (κ3) is 4.69. The van der Waals surface area contributed by atoms with Crippen molar-refractivity contribution in [2.75, 3.05) is 12.4 Å². The Kier molecular flexibility index (Phi) is 6.58. The van der Waals surface area contributed by atoms with Gasteiger partial charge in [-0.3, -0.25) is 4.79 Å². The number of aromatic hydroxyl groups is 1. The quantitative estimate of drug-likeness (QED) is 0.299. The molecule has 0 aliphatic carbocycles. The van der Waals surface area contributed by atoms with Crippen molar-refractivity contribution in [3.05, 3.63) is 90.0 Å². The van der Waals surface area contributed by atoms with E-state index in [4.69, 9.17) is 4.74 Å². The van der Waals surface area contributed by atoms with Crippen LogP contribution in [0.1, 0.15) is 21.7 Å². The van der Waals surface area contributed by atoms with E-state index in [1.807, 2.05) is 12.1 Å². The molecule has 2 N–H and O–H groups in total. The van der Waals surface area contributed by atoms with Crippen LogP contribution in [0.25, 0.3) is 16.7 Å². The lowest BCUT2D eigenvalue weighted by atomic mass is 10.0. The van der Waals surface area contributed by atoms with Crippen LogP contribution in [-0.2, 0) is 0 Å². The monoisotopic (exact) mass is 515 g/mol. The Bertz CT molecular complexity index is 1820. The van der Waals surface area contributed by atoms with Gasteiger partial charge in [0.05, 0.1) is 12.7 Å². The van der Waals surface area contributed by atoms with Crippen LogP contribution in [0.5, 0.6) is 11.5 Å². The van der Waals surface area contributed by atoms with Crippen molar-refractivity contribution in [2.24, 2.45) is 10.2 Å². The number of nitriles is 2. The van der Waals surface area contributed by atoms with E-state index in [0.717, 1.165) is 0 Å². The number of azo groups is 1. The Hall–Kier alpha value is -6.14. The molecule has 5 aromatic rings.